The van der Waals surface area contributed by atoms with Crippen LogP contribution >= 0.6 is 15.9 Å². The van der Waals surface area contributed by atoms with E-state index in [4.69, 9.17) is 4.74 Å². The minimum atomic E-state index is 0.501. The zero-order chi connectivity index (χ0) is 13.0. The first-order valence-corrected chi connectivity index (χ1v) is 7.92. The fourth-order valence-corrected chi connectivity index (χ4v) is 3.98. The number of alkyl halides is 1. The maximum absolute atomic E-state index is 5.28. The number of halogens is 1. The Hall–Kier alpha value is -0.500. The van der Waals surface area contributed by atoms with E-state index in [1.807, 2.05) is 0 Å². The summed E-state index contributed by atoms with van der Waals surface area (Å²) in [5, 5.41) is 0. The zero-order valence-corrected chi connectivity index (χ0v) is 13.0. The Balaban J connectivity index is 2.14. The first-order chi connectivity index (χ1) is 8.72. The Bertz CT molecular complexity index is 381. The lowest BCUT2D eigenvalue weighted by atomic mass is 9.90. The first kappa shape index (κ1) is 13.9. The molecule has 1 unspecified atom stereocenters. The predicted molar refractivity (Wildman–Crippen MR) is 80.6 cm³/mol. The molecule has 1 aliphatic rings. The van der Waals surface area contributed by atoms with Gasteiger partial charge in [0.05, 0.1) is 7.11 Å². The summed E-state index contributed by atoms with van der Waals surface area (Å²) in [7, 11) is 1.73. The highest BCUT2D eigenvalue weighted by atomic mass is 79.9. The second-order valence-corrected chi connectivity index (χ2v) is 6.36. The number of rotatable bonds is 3. The molecule has 18 heavy (non-hydrogen) atoms. The van der Waals surface area contributed by atoms with Gasteiger partial charge in [-0.2, -0.15) is 0 Å². The van der Waals surface area contributed by atoms with Gasteiger partial charge in [-0.3, -0.25) is 0 Å². The van der Waals surface area contributed by atoms with Crippen molar-refractivity contribution in [2.45, 2.75) is 50.3 Å². The Morgan fingerprint density at radius 3 is 2.39 bits per heavy atom. The minimum Gasteiger partial charge on any atom is -0.497 e. The molecule has 0 amide bonds. The molecule has 1 aliphatic carbocycles. The molecule has 0 aromatic heterocycles. The molecule has 0 heterocycles. The van der Waals surface area contributed by atoms with E-state index in [0.717, 1.165) is 11.7 Å². The molecule has 0 saturated heterocycles. The quantitative estimate of drug-likeness (QED) is 0.536. The van der Waals surface area contributed by atoms with Crippen molar-refractivity contribution >= 4 is 15.9 Å². The molecular weight excluding hydrogens is 288 g/mol. The molecule has 1 saturated carbocycles. The molecule has 1 fully saturated rings. The molecule has 1 aromatic carbocycles. The summed E-state index contributed by atoms with van der Waals surface area (Å²) in [4.78, 5) is 0.501. The van der Waals surface area contributed by atoms with Crippen molar-refractivity contribution in [1.82, 2.24) is 0 Å². The standard InChI is InChI=1S/C16H23BrO/c1-12-11-14(18-2)9-10-15(12)16(17)13-7-5-3-4-6-8-13/h9-11,13,16H,3-8H2,1-2H3. The summed E-state index contributed by atoms with van der Waals surface area (Å²) in [6.45, 7) is 2.18. The largest absolute Gasteiger partial charge is 0.497 e. The van der Waals surface area contributed by atoms with Crippen molar-refractivity contribution in [3.05, 3.63) is 29.3 Å². The van der Waals surface area contributed by atoms with E-state index in [9.17, 15) is 0 Å². The predicted octanol–water partition coefficient (Wildman–Crippen LogP) is 5.41. The molecule has 2 heteroatoms. The first-order valence-electron chi connectivity index (χ1n) is 7.01. The summed E-state index contributed by atoms with van der Waals surface area (Å²) in [5.74, 6) is 1.75. The van der Waals surface area contributed by atoms with Crippen LogP contribution in [0.15, 0.2) is 18.2 Å². The SMILES string of the molecule is COc1ccc(C(Br)C2CCCCCC2)c(C)c1. The Kier molecular flexibility index (Phi) is 5.11. The molecule has 100 valence electrons. The van der Waals surface area contributed by atoms with Crippen LogP contribution in [0.3, 0.4) is 0 Å². The third-order valence-corrected chi connectivity index (χ3v) is 5.33. The highest BCUT2D eigenvalue weighted by molar-refractivity contribution is 9.09. The monoisotopic (exact) mass is 310 g/mol. The highest BCUT2D eigenvalue weighted by Crippen LogP contribution is 2.40. The van der Waals surface area contributed by atoms with E-state index in [0.29, 0.717) is 4.83 Å². The van der Waals surface area contributed by atoms with Gasteiger partial charge in [0.2, 0.25) is 0 Å². The van der Waals surface area contributed by atoms with E-state index in [-0.39, 0.29) is 0 Å². The van der Waals surface area contributed by atoms with Gasteiger partial charge in [-0.1, -0.05) is 47.7 Å². The van der Waals surface area contributed by atoms with E-state index in [1.165, 1.54) is 49.7 Å². The van der Waals surface area contributed by atoms with Gasteiger partial charge in [-0.25, -0.2) is 0 Å². The van der Waals surface area contributed by atoms with E-state index >= 15 is 0 Å². The molecule has 0 radical (unpaired) electrons. The van der Waals surface area contributed by atoms with Gasteiger partial charge >= 0.3 is 0 Å². The third-order valence-electron chi connectivity index (χ3n) is 4.09. The Morgan fingerprint density at radius 2 is 1.83 bits per heavy atom. The van der Waals surface area contributed by atoms with Gasteiger partial charge < -0.3 is 4.74 Å². The van der Waals surface area contributed by atoms with Crippen LogP contribution in [0, 0.1) is 12.8 Å². The van der Waals surface area contributed by atoms with Crippen molar-refractivity contribution in [1.29, 1.82) is 0 Å². The number of hydrogen-bond acceptors (Lipinski definition) is 1. The molecule has 1 atom stereocenters. The van der Waals surface area contributed by atoms with Crippen LogP contribution in [0.25, 0.3) is 0 Å². The lowest BCUT2D eigenvalue weighted by molar-refractivity contribution is 0.413. The average Bonchev–Trinajstić information content (AvgIpc) is 2.66. The van der Waals surface area contributed by atoms with Gasteiger partial charge in [0.15, 0.2) is 0 Å². The van der Waals surface area contributed by atoms with Gasteiger partial charge in [-0.05, 0) is 48.9 Å². The normalized spacial score (nSPS) is 19.3. The van der Waals surface area contributed by atoms with Crippen LogP contribution in [0.4, 0.5) is 0 Å². The summed E-state index contributed by atoms with van der Waals surface area (Å²) < 4.78 is 5.28. The minimum absolute atomic E-state index is 0.501. The van der Waals surface area contributed by atoms with Crippen molar-refractivity contribution in [2.75, 3.05) is 7.11 Å². The number of benzene rings is 1. The summed E-state index contributed by atoms with van der Waals surface area (Å²) in [6, 6.07) is 6.44. The summed E-state index contributed by atoms with van der Waals surface area (Å²) in [5.41, 5.74) is 2.77. The van der Waals surface area contributed by atoms with Crippen molar-refractivity contribution in [2.24, 2.45) is 5.92 Å². The van der Waals surface area contributed by atoms with E-state index < -0.39 is 0 Å². The number of hydrogen-bond donors (Lipinski definition) is 0. The summed E-state index contributed by atoms with van der Waals surface area (Å²) >= 11 is 3.94. The maximum atomic E-state index is 5.28. The van der Waals surface area contributed by atoms with Gasteiger partial charge in [-0.15, -0.1) is 0 Å². The summed E-state index contributed by atoms with van der Waals surface area (Å²) in [6.07, 6.45) is 8.34. The molecular formula is C16H23BrO. The zero-order valence-electron chi connectivity index (χ0n) is 11.4. The van der Waals surface area contributed by atoms with Crippen LogP contribution in [-0.4, -0.2) is 7.11 Å². The lowest BCUT2D eigenvalue weighted by Gasteiger charge is -2.23. The topological polar surface area (TPSA) is 9.23 Å². The van der Waals surface area contributed by atoms with Gasteiger partial charge in [0.25, 0.3) is 0 Å². The number of ether oxygens (including phenoxy) is 1. The highest BCUT2D eigenvalue weighted by Gasteiger charge is 2.23. The fourth-order valence-electron chi connectivity index (χ4n) is 2.94. The second-order valence-electron chi connectivity index (χ2n) is 5.38. The van der Waals surface area contributed by atoms with Crippen molar-refractivity contribution < 1.29 is 4.74 Å². The average molecular weight is 311 g/mol. The fraction of sp³-hybridized carbons (Fsp3) is 0.625. The molecule has 0 aliphatic heterocycles. The van der Waals surface area contributed by atoms with Gasteiger partial charge in [0.1, 0.15) is 5.75 Å². The van der Waals surface area contributed by atoms with Crippen molar-refractivity contribution in [3.63, 3.8) is 0 Å². The van der Waals surface area contributed by atoms with Crippen molar-refractivity contribution in [3.8, 4) is 5.75 Å². The Labute approximate surface area is 119 Å². The molecule has 0 bridgehead atoms. The van der Waals surface area contributed by atoms with Gasteiger partial charge in [0, 0.05) is 4.83 Å². The molecule has 1 nitrogen and oxygen atoms in total. The van der Waals surface area contributed by atoms with Crippen LogP contribution in [0.1, 0.15) is 54.5 Å². The molecule has 0 spiro atoms. The van der Waals surface area contributed by atoms with E-state index in [2.05, 4.69) is 41.1 Å². The van der Waals surface area contributed by atoms with E-state index in [1.54, 1.807) is 7.11 Å². The molecule has 2 rings (SSSR count). The van der Waals surface area contributed by atoms with Crippen LogP contribution in [0.2, 0.25) is 0 Å². The smallest absolute Gasteiger partial charge is 0.119 e. The third kappa shape index (κ3) is 3.28. The van der Waals surface area contributed by atoms with Crippen LogP contribution in [0.5, 0.6) is 5.75 Å². The van der Waals surface area contributed by atoms with Crippen LogP contribution < -0.4 is 4.74 Å². The lowest BCUT2D eigenvalue weighted by Crippen LogP contribution is -2.08. The van der Waals surface area contributed by atoms with Crippen LogP contribution in [-0.2, 0) is 0 Å². The Morgan fingerprint density at radius 1 is 1.17 bits per heavy atom. The molecule has 1 aromatic rings. The molecule has 0 N–H and O–H groups in total. The second kappa shape index (κ2) is 6.60. The number of aryl methyl sites for hydroxylation is 1. The number of methoxy groups -OCH3 is 1. The maximum Gasteiger partial charge on any atom is 0.119 e.